The van der Waals surface area contributed by atoms with Crippen LogP contribution >= 0.6 is 0 Å². The Morgan fingerprint density at radius 2 is 1.90 bits per heavy atom. The lowest BCUT2D eigenvalue weighted by Crippen LogP contribution is -2.49. The summed E-state index contributed by atoms with van der Waals surface area (Å²) in [7, 11) is 3.26. The van der Waals surface area contributed by atoms with Gasteiger partial charge in [0.25, 0.3) is 0 Å². The summed E-state index contributed by atoms with van der Waals surface area (Å²) in [6, 6.07) is 4.21. The summed E-state index contributed by atoms with van der Waals surface area (Å²) in [6.07, 6.45) is 4.10. The standard InChI is InChI=1S/C23H31NO6/c1-14(2)9-16-13-24-8-7-15-10-20(28-3)21(29-4)11-17(15)18(24)12-19(16)30-23(27)6-5-22(25)26/h5-6,10-11,14,16,18-19H,7-9,12-13H2,1-4H3,(H,25,26)/b6-5-/t16-,18-,19-/m1/s1. The summed E-state index contributed by atoms with van der Waals surface area (Å²) in [5, 5.41) is 8.77. The minimum Gasteiger partial charge on any atom is -0.493 e. The Morgan fingerprint density at radius 1 is 1.20 bits per heavy atom. The first-order chi connectivity index (χ1) is 14.3. The molecule has 1 aromatic rings. The fourth-order valence-electron chi connectivity index (χ4n) is 4.71. The van der Waals surface area contributed by atoms with Gasteiger partial charge in [-0.3, -0.25) is 4.90 Å². The molecule has 0 spiro atoms. The molecule has 2 aliphatic rings. The number of benzene rings is 1. The maximum Gasteiger partial charge on any atom is 0.331 e. The third-order valence-electron chi connectivity index (χ3n) is 5.97. The highest BCUT2D eigenvalue weighted by Crippen LogP contribution is 2.44. The molecule has 0 amide bonds. The van der Waals surface area contributed by atoms with E-state index in [0.717, 1.165) is 43.8 Å². The molecular formula is C23H31NO6. The summed E-state index contributed by atoms with van der Waals surface area (Å²) in [5.74, 6) is 0.338. The second kappa shape index (κ2) is 9.51. The van der Waals surface area contributed by atoms with E-state index in [1.54, 1.807) is 14.2 Å². The molecule has 1 saturated heterocycles. The molecule has 0 aromatic heterocycles. The van der Waals surface area contributed by atoms with Crippen molar-refractivity contribution in [2.45, 2.75) is 45.3 Å². The van der Waals surface area contributed by atoms with Gasteiger partial charge in [-0.15, -0.1) is 0 Å². The first-order valence-corrected chi connectivity index (χ1v) is 10.4. The predicted molar refractivity (Wildman–Crippen MR) is 112 cm³/mol. The number of esters is 1. The van der Waals surface area contributed by atoms with Gasteiger partial charge in [-0.25, -0.2) is 9.59 Å². The number of carboxylic acids is 1. The maximum atomic E-state index is 12.2. The Kier molecular flexibility index (Phi) is 7.02. The molecule has 0 aliphatic carbocycles. The number of nitrogens with zero attached hydrogens (tertiary/aromatic N) is 1. The first kappa shape index (κ1) is 22.2. The van der Waals surface area contributed by atoms with E-state index in [4.69, 9.17) is 19.3 Å². The quantitative estimate of drug-likeness (QED) is 0.538. The third-order valence-corrected chi connectivity index (χ3v) is 5.97. The molecule has 3 rings (SSSR count). The van der Waals surface area contributed by atoms with Crippen molar-refractivity contribution < 1.29 is 28.9 Å². The molecule has 7 heteroatoms. The van der Waals surface area contributed by atoms with Gasteiger partial charge in [0.05, 0.1) is 14.2 Å². The molecule has 1 aromatic carbocycles. The monoisotopic (exact) mass is 417 g/mol. The van der Waals surface area contributed by atoms with Gasteiger partial charge in [-0.05, 0) is 42.0 Å². The van der Waals surface area contributed by atoms with Crippen LogP contribution in [0.1, 0.15) is 43.9 Å². The lowest BCUT2D eigenvalue weighted by Gasteiger charge is -2.47. The number of carboxylic acid groups (broad SMARTS) is 1. The summed E-state index contributed by atoms with van der Waals surface area (Å²) in [6.45, 7) is 6.12. The van der Waals surface area contributed by atoms with E-state index in [1.807, 2.05) is 12.1 Å². The smallest absolute Gasteiger partial charge is 0.331 e. The molecule has 0 saturated carbocycles. The van der Waals surface area contributed by atoms with Gasteiger partial charge in [-0.1, -0.05) is 13.8 Å². The molecule has 0 radical (unpaired) electrons. The van der Waals surface area contributed by atoms with Gasteiger partial charge < -0.3 is 19.3 Å². The number of aliphatic carboxylic acids is 1. The van der Waals surface area contributed by atoms with Crippen LogP contribution in [0, 0.1) is 11.8 Å². The van der Waals surface area contributed by atoms with E-state index in [-0.39, 0.29) is 18.1 Å². The third kappa shape index (κ3) is 4.95. The Bertz CT molecular complexity index is 818. The Morgan fingerprint density at radius 3 is 2.53 bits per heavy atom. The van der Waals surface area contributed by atoms with Crippen LogP contribution < -0.4 is 9.47 Å². The zero-order valence-electron chi connectivity index (χ0n) is 18.1. The van der Waals surface area contributed by atoms with Crippen molar-refractivity contribution in [3.63, 3.8) is 0 Å². The summed E-state index contributed by atoms with van der Waals surface area (Å²) < 4.78 is 16.7. The van der Waals surface area contributed by atoms with E-state index in [2.05, 4.69) is 18.7 Å². The second-order valence-electron chi connectivity index (χ2n) is 8.44. The highest BCUT2D eigenvalue weighted by molar-refractivity contribution is 5.90. The number of methoxy groups -OCH3 is 2. The lowest BCUT2D eigenvalue weighted by molar-refractivity contribution is -0.151. The normalized spacial score (nSPS) is 23.7. The van der Waals surface area contributed by atoms with Gasteiger partial charge in [0.1, 0.15) is 6.10 Å². The minimum atomic E-state index is -1.16. The number of ether oxygens (including phenoxy) is 3. The van der Waals surface area contributed by atoms with Crippen LogP contribution in [0.4, 0.5) is 0 Å². The van der Waals surface area contributed by atoms with Gasteiger partial charge in [-0.2, -0.15) is 0 Å². The van der Waals surface area contributed by atoms with Crippen molar-refractivity contribution in [2.24, 2.45) is 11.8 Å². The van der Waals surface area contributed by atoms with Crippen molar-refractivity contribution in [1.29, 1.82) is 0 Å². The summed E-state index contributed by atoms with van der Waals surface area (Å²) >= 11 is 0. The second-order valence-corrected chi connectivity index (χ2v) is 8.44. The predicted octanol–water partition coefficient (Wildman–Crippen LogP) is 3.22. The van der Waals surface area contributed by atoms with Crippen molar-refractivity contribution in [1.82, 2.24) is 4.90 Å². The molecule has 164 valence electrons. The van der Waals surface area contributed by atoms with Gasteiger partial charge >= 0.3 is 11.9 Å². The maximum absolute atomic E-state index is 12.2. The van der Waals surface area contributed by atoms with E-state index in [0.29, 0.717) is 18.1 Å². The zero-order chi connectivity index (χ0) is 21.8. The van der Waals surface area contributed by atoms with Gasteiger partial charge in [0, 0.05) is 43.6 Å². The van der Waals surface area contributed by atoms with Crippen LogP contribution in [0.15, 0.2) is 24.3 Å². The fourth-order valence-corrected chi connectivity index (χ4v) is 4.71. The average Bonchev–Trinajstić information content (AvgIpc) is 2.71. The molecular weight excluding hydrogens is 386 g/mol. The molecule has 0 unspecified atom stereocenters. The number of rotatable bonds is 7. The van der Waals surface area contributed by atoms with Crippen molar-refractivity contribution in [2.75, 3.05) is 27.3 Å². The van der Waals surface area contributed by atoms with E-state index >= 15 is 0 Å². The van der Waals surface area contributed by atoms with E-state index < -0.39 is 11.9 Å². The van der Waals surface area contributed by atoms with E-state index in [1.165, 1.54) is 11.1 Å². The number of hydrogen-bond donors (Lipinski definition) is 1. The van der Waals surface area contributed by atoms with Crippen LogP contribution in [0.3, 0.4) is 0 Å². The number of fused-ring (bicyclic) bond motifs is 3. The van der Waals surface area contributed by atoms with Crippen molar-refractivity contribution in [3.05, 3.63) is 35.4 Å². The van der Waals surface area contributed by atoms with E-state index in [9.17, 15) is 9.59 Å². The highest BCUT2D eigenvalue weighted by atomic mass is 16.5. The largest absolute Gasteiger partial charge is 0.493 e. The number of carbonyl (C=O) groups excluding carboxylic acids is 1. The number of piperidine rings is 1. The SMILES string of the molecule is COc1cc2c(cc1OC)[C@H]1C[C@@H](OC(=O)/C=C\C(=O)O)[C@H](CC(C)C)CN1CC2. The zero-order valence-corrected chi connectivity index (χ0v) is 18.1. The topological polar surface area (TPSA) is 85.3 Å². The van der Waals surface area contributed by atoms with Crippen LogP contribution in [-0.2, 0) is 20.7 Å². The molecule has 3 atom stereocenters. The van der Waals surface area contributed by atoms with Crippen LogP contribution in [0.5, 0.6) is 11.5 Å². The van der Waals surface area contributed by atoms with Crippen LogP contribution in [-0.4, -0.2) is 55.4 Å². The number of carbonyl (C=O) groups is 2. The Balaban J connectivity index is 1.87. The van der Waals surface area contributed by atoms with Gasteiger partial charge in [0.15, 0.2) is 11.5 Å². The Hall–Kier alpha value is -2.54. The highest BCUT2D eigenvalue weighted by Gasteiger charge is 2.41. The molecule has 0 bridgehead atoms. The molecule has 1 N–H and O–H groups in total. The lowest BCUT2D eigenvalue weighted by atomic mass is 9.79. The van der Waals surface area contributed by atoms with Crippen molar-refractivity contribution >= 4 is 11.9 Å². The summed E-state index contributed by atoms with van der Waals surface area (Å²) in [4.78, 5) is 25.4. The molecule has 2 aliphatic heterocycles. The average molecular weight is 418 g/mol. The molecule has 2 heterocycles. The molecule has 1 fully saturated rings. The van der Waals surface area contributed by atoms with Crippen LogP contribution in [0.25, 0.3) is 0 Å². The summed E-state index contributed by atoms with van der Waals surface area (Å²) in [5.41, 5.74) is 2.41. The molecule has 7 nitrogen and oxygen atoms in total. The molecule has 30 heavy (non-hydrogen) atoms. The van der Waals surface area contributed by atoms with Crippen LogP contribution in [0.2, 0.25) is 0 Å². The fraction of sp³-hybridized carbons (Fsp3) is 0.565. The minimum absolute atomic E-state index is 0.123. The Labute approximate surface area is 177 Å². The first-order valence-electron chi connectivity index (χ1n) is 10.4. The number of hydrogen-bond acceptors (Lipinski definition) is 6. The van der Waals surface area contributed by atoms with Gasteiger partial charge in [0.2, 0.25) is 0 Å². The van der Waals surface area contributed by atoms with Crippen molar-refractivity contribution in [3.8, 4) is 11.5 Å².